The van der Waals surface area contributed by atoms with Crippen LogP contribution in [0.4, 0.5) is 0 Å². The van der Waals surface area contributed by atoms with Crippen molar-refractivity contribution in [1.82, 2.24) is 0 Å². The number of aryl methyl sites for hydroxylation is 1. The first-order chi connectivity index (χ1) is 8.40. The number of hydrogen-bond donors (Lipinski definition) is 1. The Hall–Kier alpha value is -1.40. The van der Waals surface area contributed by atoms with E-state index in [1.54, 1.807) is 18.2 Å². The fraction of sp³-hybridized carbons (Fsp3) is 0.417. The fourth-order valence-corrected chi connectivity index (χ4v) is 3.18. The van der Waals surface area contributed by atoms with Gasteiger partial charge in [0.2, 0.25) is 0 Å². The summed E-state index contributed by atoms with van der Waals surface area (Å²) in [6.45, 7) is 1.59. The van der Waals surface area contributed by atoms with Gasteiger partial charge in [0.25, 0.3) is 0 Å². The molecule has 6 heteroatoms. The zero-order valence-electron chi connectivity index (χ0n) is 10.4. The van der Waals surface area contributed by atoms with E-state index in [0.29, 0.717) is 5.56 Å². The van der Waals surface area contributed by atoms with Crippen molar-refractivity contribution in [2.75, 3.05) is 13.7 Å². The summed E-state index contributed by atoms with van der Waals surface area (Å²) < 4.78 is 28.6. The fourth-order valence-electron chi connectivity index (χ4n) is 1.66. The van der Waals surface area contributed by atoms with Crippen molar-refractivity contribution in [2.24, 2.45) is 5.73 Å². The van der Waals surface area contributed by atoms with Gasteiger partial charge in [0.1, 0.15) is 0 Å². The summed E-state index contributed by atoms with van der Waals surface area (Å²) in [7, 11) is -2.51. The van der Waals surface area contributed by atoms with Crippen LogP contribution in [0.25, 0.3) is 0 Å². The van der Waals surface area contributed by atoms with Gasteiger partial charge in [-0.2, -0.15) is 0 Å². The predicted molar refractivity (Wildman–Crippen MR) is 68.7 cm³/mol. The lowest BCUT2D eigenvalue weighted by Gasteiger charge is -2.13. The lowest BCUT2D eigenvalue weighted by Crippen LogP contribution is -2.38. The van der Waals surface area contributed by atoms with Crippen LogP contribution < -0.4 is 5.73 Å². The standard InChI is InChI=1S/C12H17NO4S/c1-9-4-3-5-10(6-9)8-18(15,16)11(7-13)12(14)17-2/h3-6,11H,7-8,13H2,1-2H3. The number of ether oxygens (including phenoxy) is 1. The number of methoxy groups -OCH3 is 1. The summed E-state index contributed by atoms with van der Waals surface area (Å²) in [6, 6.07) is 7.12. The third-order valence-corrected chi connectivity index (χ3v) is 4.55. The lowest BCUT2D eigenvalue weighted by molar-refractivity contribution is -0.139. The summed E-state index contributed by atoms with van der Waals surface area (Å²) in [5, 5.41) is -1.30. The minimum absolute atomic E-state index is 0.217. The number of sulfone groups is 1. The molecule has 0 aliphatic heterocycles. The molecule has 1 unspecified atom stereocenters. The number of rotatable bonds is 5. The molecule has 0 saturated carbocycles. The van der Waals surface area contributed by atoms with Crippen molar-refractivity contribution in [3.63, 3.8) is 0 Å². The maximum absolute atomic E-state index is 12.1. The Morgan fingerprint density at radius 2 is 2.11 bits per heavy atom. The van der Waals surface area contributed by atoms with Gasteiger partial charge in [-0.15, -0.1) is 0 Å². The molecule has 0 saturated heterocycles. The van der Waals surface area contributed by atoms with Crippen molar-refractivity contribution in [1.29, 1.82) is 0 Å². The minimum atomic E-state index is -3.65. The molecule has 1 aromatic carbocycles. The van der Waals surface area contributed by atoms with Crippen LogP contribution in [-0.4, -0.2) is 33.3 Å². The van der Waals surface area contributed by atoms with Crippen LogP contribution in [-0.2, 0) is 25.1 Å². The lowest BCUT2D eigenvalue weighted by atomic mass is 10.2. The number of esters is 1. The van der Waals surface area contributed by atoms with Gasteiger partial charge < -0.3 is 10.5 Å². The van der Waals surface area contributed by atoms with E-state index >= 15 is 0 Å². The van der Waals surface area contributed by atoms with E-state index < -0.39 is 21.1 Å². The highest BCUT2D eigenvalue weighted by atomic mass is 32.2. The Labute approximate surface area is 107 Å². The van der Waals surface area contributed by atoms with Crippen LogP contribution in [0.2, 0.25) is 0 Å². The van der Waals surface area contributed by atoms with Gasteiger partial charge in [-0.1, -0.05) is 29.8 Å². The molecule has 0 heterocycles. The van der Waals surface area contributed by atoms with Gasteiger partial charge in [-0.3, -0.25) is 4.79 Å². The molecule has 100 valence electrons. The molecule has 0 bridgehead atoms. The predicted octanol–water partition coefficient (Wildman–Crippen LogP) is 0.410. The molecule has 2 N–H and O–H groups in total. The maximum Gasteiger partial charge on any atom is 0.325 e. The molecule has 0 aliphatic carbocycles. The maximum atomic E-state index is 12.1. The summed E-state index contributed by atoms with van der Waals surface area (Å²) in [4.78, 5) is 11.4. The second-order valence-electron chi connectivity index (χ2n) is 4.04. The van der Waals surface area contributed by atoms with Crippen LogP contribution in [0, 0.1) is 6.92 Å². The van der Waals surface area contributed by atoms with E-state index in [1.165, 1.54) is 0 Å². The molecule has 1 rings (SSSR count). The third kappa shape index (κ3) is 3.54. The van der Waals surface area contributed by atoms with E-state index in [-0.39, 0.29) is 12.3 Å². The molecule has 0 radical (unpaired) electrons. The van der Waals surface area contributed by atoms with Crippen LogP contribution in [0.5, 0.6) is 0 Å². The van der Waals surface area contributed by atoms with Gasteiger partial charge in [0, 0.05) is 6.54 Å². The van der Waals surface area contributed by atoms with E-state index in [4.69, 9.17) is 5.73 Å². The summed E-state index contributed by atoms with van der Waals surface area (Å²) >= 11 is 0. The average Bonchev–Trinajstić information content (AvgIpc) is 2.28. The second-order valence-corrected chi connectivity index (χ2v) is 6.23. The van der Waals surface area contributed by atoms with Crippen molar-refractivity contribution in [3.05, 3.63) is 35.4 Å². The van der Waals surface area contributed by atoms with Crippen molar-refractivity contribution >= 4 is 15.8 Å². The van der Waals surface area contributed by atoms with Gasteiger partial charge in [0.15, 0.2) is 15.1 Å². The molecule has 5 nitrogen and oxygen atoms in total. The molecule has 0 aliphatic rings. The summed E-state index contributed by atoms with van der Waals surface area (Å²) in [5.74, 6) is -1.03. The normalized spacial score (nSPS) is 13.1. The number of nitrogens with two attached hydrogens (primary N) is 1. The van der Waals surface area contributed by atoms with Gasteiger partial charge in [0.05, 0.1) is 12.9 Å². The molecule has 0 fully saturated rings. The van der Waals surface area contributed by atoms with E-state index in [0.717, 1.165) is 12.7 Å². The molecule has 1 aromatic rings. The Balaban J connectivity index is 2.97. The number of carbonyl (C=O) groups is 1. The van der Waals surface area contributed by atoms with Crippen LogP contribution in [0.1, 0.15) is 11.1 Å². The van der Waals surface area contributed by atoms with Crippen molar-refractivity contribution in [2.45, 2.75) is 17.9 Å². The SMILES string of the molecule is COC(=O)C(CN)S(=O)(=O)Cc1cccc(C)c1. The largest absolute Gasteiger partial charge is 0.468 e. The first-order valence-corrected chi connectivity index (χ1v) is 7.17. The van der Waals surface area contributed by atoms with Gasteiger partial charge in [-0.25, -0.2) is 8.42 Å². The number of benzene rings is 1. The molecular formula is C12H17NO4S. The van der Waals surface area contributed by atoms with Crippen molar-refractivity contribution in [3.8, 4) is 0 Å². The topological polar surface area (TPSA) is 86.5 Å². The molecule has 1 atom stereocenters. The summed E-state index contributed by atoms with van der Waals surface area (Å²) in [5.41, 5.74) is 6.94. The second kappa shape index (κ2) is 5.97. The monoisotopic (exact) mass is 271 g/mol. The highest BCUT2D eigenvalue weighted by Crippen LogP contribution is 2.13. The highest BCUT2D eigenvalue weighted by Gasteiger charge is 2.32. The van der Waals surface area contributed by atoms with Crippen molar-refractivity contribution < 1.29 is 17.9 Å². The van der Waals surface area contributed by atoms with Crippen LogP contribution in [0.3, 0.4) is 0 Å². The highest BCUT2D eigenvalue weighted by molar-refractivity contribution is 7.92. The zero-order valence-corrected chi connectivity index (χ0v) is 11.2. The van der Waals surface area contributed by atoms with Crippen LogP contribution >= 0.6 is 0 Å². The number of hydrogen-bond acceptors (Lipinski definition) is 5. The first kappa shape index (κ1) is 14.7. The number of carbonyl (C=O) groups excluding carboxylic acids is 1. The summed E-state index contributed by atoms with van der Waals surface area (Å²) in [6.07, 6.45) is 0. The Kier molecular flexibility index (Phi) is 4.86. The van der Waals surface area contributed by atoms with Crippen LogP contribution in [0.15, 0.2) is 24.3 Å². The zero-order chi connectivity index (χ0) is 13.8. The van der Waals surface area contributed by atoms with E-state index in [2.05, 4.69) is 4.74 Å². The van der Waals surface area contributed by atoms with E-state index in [1.807, 2.05) is 13.0 Å². The molecule has 0 aromatic heterocycles. The van der Waals surface area contributed by atoms with E-state index in [9.17, 15) is 13.2 Å². The Bertz CT molecular complexity index is 525. The quantitative estimate of drug-likeness (QED) is 0.784. The average molecular weight is 271 g/mol. The smallest absolute Gasteiger partial charge is 0.325 e. The molecule has 0 amide bonds. The van der Waals surface area contributed by atoms with Gasteiger partial charge in [-0.05, 0) is 12.5 Å². The Morgan fingerprint density at radius 1 is 1.44 bits per heavy atom. The molecule has 18 heavy (non-hydrogen) atoms. The first-order valence-electron chi connectivity index (χ1n) is 5.45. The minimum Gasteiger partial charge on any atom is -0.468 e. The van der Waals surface area contributed by atoms with Gasteiger partial charge >= 0.3 is 5.97 Å². The third-order valence-electron chi connectivity index (χ3n) is 2.56. The molecule has 0 spiro atoms. The Morgan fingerprint density at radius 3 is 2.61 bits per heavy atom. The molecular weight excluding hydrogens is 254 g/mol.